The Hall–Kier alpha value is -2.51. The first-order valence-electron chi connectivity index (χ1n) is 7.59. The molecule has 1 N–H and O–H groups in total. The molecule has 0 fully saturated rings. The van der Waals surface area contributed by atoms with Crippen LogP contribution in [0.15, 0.2) is 35.4 Å². The number of ether oxygens (including phenoxy) is 2. The van der Waals surface area contributed by atoms with Crippen molar-refractivity contribution in [2.75, 3.05) is 12.5 Å². The van der Waals surface area contributed by atoms with E-state index in [4.69, 9.17) is 32.7 Å². The highest BCUT2D eigenvalue weighted by Crippen LogP contribution is 2.38. The Morgan fingerprint density at radius 1 is 1.23 bits per heavy atom. The number of nitro benzene ring substituents is 1. The van der Waals surface area contributed by atoms with Gasteiger partial charge in [-0.2, -0.15) is 5.10 Å². The Morgan fingerprint density at radius 2 is 1.96 bits per heavy atom. The number of methoxy groups -OCH3 is 1. The second kappa shape index (κ2) is 8.73. The van der Waals surface area contributed by atoms with Crippen LogP contribution in [0.25, 0.3) is 0 Å². The molecular formula is C17H17Cl2N3O4. The molecule has 0 bridgehead atoms. The summed E-state index contributed by atoms with van der Waals surface area (Å²) in [6, 6.07) is 7.91. The zero-order valence-corrected chi connectivity index (χ0v) is 15.8. The van der Waals surface area contributed by atoms with Crippen LogP contribution in [0, 0.1) is 10.1 Å². The van der Waals surface area contributed by atoms with Gasteiger partial charge in [0, 0.05) is 11.6 Å². The lowest BCUT2D eigenvalue weighted by molar-refractivity contribution is -0.386. The Balaban J connectivity index is 2.29. The van der Waals surface area contributed by atoms with E-state index in [-0.39, 0.29) is 23.3 Å². The first kappa shape index (κ1) is 19.8. The maximum atomic E-state index is 11.4. The van der Waals surface area contributed by atoms with E-state index in [1.54, 1.807) is 38.1 Å². The second-order valence-electron chi connectivity index (χ2n) is 5.49. The van der Waals surface area contributed by atoms with E-state index < -0.39 is 4.92 Å². The Morgan fingerprint density at radius 3 is 2.54 bits per heavy atom. The lowest BCUT2D eigenvalue weighted by atomic mass is 10.2. The monoisotopic (exact) mass is 397 g/mol. The molecule has 0 saturated heterocycles. The van der Waals surface area contributed by atoms with E-state index in [1.165, 1.54) is 19.4 Å². The molecule has 0 aromatic heterocycles. The van der Waals surface area contributed by atoms with Gasteiger partial charge in [0.1, 0.15) is 0 Å². The maximum Gasteiger partial charge on any atom is 0.315 e. The first-order chi connectivity index (χ1) is 12.3. The smallest absolute Gasteiger partial charge is 0.315 e. The van der Waals surface area contributed by atoms with Crippen molar-refractivity contribution in [2.24, 2.45) is 5.10 Å². The van der Waals surface area contributed by atoms with Crippen molar-refractivity contribution in [2.45, 2.75) is 20.0 Å². The fraction of sp³-hybridized carbons (Fsp3) is 0.235. The van der Waals surface area contributed by atoms with Gasteiger partial charge in [-0.05, 0) is 38.1 Å². The highest BCUT2D eigenvalue weighted by atomic mass is 35.5. The van der Waals surface area contributed by atoms with E-state index in [0.29, 0.717) is 21.3 Å². The quantitative estimate of drug-likeness (QED) is 0.396. The third-order valence-electron chi connectivity index (χ3n) is 3.15. The minimum Gasteiger partial charge on any atom is -0.493 e. The van der Waals surface area contributed by atoms with Crippen LogP contribution < -0.4 is 14.9 Å². The fourth-order valence-electron chi connectivity index (χ4n) is 2.07. The molecule has 0 spiro atoms. The minimum absolute atomic E-state index is 0.0853. The van der Waals surface area contributed by atoms with Crippen molar-refractivity contribution in [3.8, 4) is 11.5 Å². The Bertz CT molecular complexity index is 841. The van der Waals surface area contributed by atoms with Gasteiger partial charge in [0.15, 0.2) is 5.75 Å². The second-order valence-corrected chi connectivity index (χ2v) is 6.31. The van der Waals surface area contributed by atoms with E-state index in [1.807, 2.05) is 0 Å². The number of benzene rings is 2. The molecule has 2 aromatic carbocycles. The number of hydrogen-bond acceptors (Lipinski definition) is 6. The summed E-state index contributed by atoms with van der Waals surface area (Å²) in [6.45, 7) is 3.55. The maximum absolute atomic E-state index is 11.4. The molecule has 0 radical (unpaired) electrons. The van der Waals surface area contributed by atoms with Crippen LogP contribution in [0.3, 0.4) is 0 Å². The first-order valence-corrected chi connectivity index (χ1v) is 8.34. The van der Waals surface area contributed by atoms with Crippen LogP contribution in [-0.4, -0.2) is 24.4 Å². The summed E-state index contributed by atoms with van der Waals surface area (Å²) in [5, 5.41) is 16.2. The van der Waals surface area contributed by atoms with Gasteiger partial charge in [-0.3, -0.25) is 15.5 Å². The molecule has 9 heteroatoms. The van der Waals surface area contributed by atoms with Crippen LogP contribution in [0.1, 0.15) is 19.4 Å². The van der Waals surface area contributed by atoms with Crippen LogP contribution in [0.2, 0.25) is 10.0 Å². The number of hydrogen-bond donors (Lipinski definition) is 1. The molecule has 7 nitrogen and oxygen atoms in total. The topological polar surface area (TPSA) is 86.0 Å². The van der Waals surface area contributed by atoms with Gasteiger partial charge < -0.3 is 9.47 Å². The van der Waals surface area contributed by atoms with E-state index in [9.17, 15) is 10.1 Å². The third-order valence-corrected chi connectivity index (χ3v) is 3.89. The molecule has 0 unspecified atom stereocenters. The Kier molecular flexibility index (Phi) is 6.65. The van der Waals surface area contributed by atoms with Crippen LogP contribution in [0.4, 0.5) is 11.4 Å². The van der Waals surface area contributed by atoms with E-state index >= 15 is 0 Å². The van der Waals surface area contributed by atoms with E-state index in [2.05, 4.69) is 10.5 Å². The molecule has 0 aliphatic carbocycles. The molecular weight excluding hydrogens is 381 g/mol. The van der Waals surface area contributed by atoms with Crippen molar-refractivity contribution in [3.05, 3.63) is 56.1 Å². The number of hydrazone groups is 1. The normalized spacial score (nSPS) is 11.0. The lowest BCUT2D eigenvalue weighted by Gasteiger charge is -2.14. The molecule has 0 atom stereocenters. The van der Waals surface area contributed by atoms with Crippen molar-refractivity contribution in [3.63, 3.8) is 0 Å². The predicted molar refractivity (Wildman–Crippen MR) is 103 cm³/mol. The van der Waals surface area contributed by atoms with Crippen molar-refractivity contribution in [1.29, 1.82) is 0 Å². The molecule has 2 aromatic rings. The van der Waals surface area contributed by atoms with E-state index in [0.717, 1.165) is 0 Å². The van der Waals surface area contributed by atoms with Crippen molar-refractivity contribution >= 4 is 40.8 Å². The SMILES string of the molecule is COc1cc(C=NNc2ccc(Cl)c(Cl)c2)cc([N+](=O)[O-])c1OC(C)C. The minimum atomic E-state index is -0.524. The number of rotatable bonds is 7. The van der Waals surface area contributed by atoms with Gasteiger partial charge >= 0.3 is 5.69 Å². The largest absolute Gasteiger partial charge is 0.493 e. The average Bonchev–Trinajstić information content (AvgIpc) is 2.58. The summed E-state index contributed by atoms with van der Waals surface area (Å²) in [6.07, 6.45) is 1.19. The number of nitrogens with one attached hydrogen (secondary N) is 1. The molecule has 138 valence electrons. The summed E-state index contributed by atoms with van der Waals surface area (Å²) >= 11 is 11.8. The highest BCUT2D eigenvalue weighted by Gasteiger charge is 2.22. The molecule has 0 aliphatic heterocycles. The summed E-state index contributed by atoms with van der Waals surface area (Å²) in [5.41, 5.74) is 3.67. The van der Waals surface area contributed by atoms with Crippen molar-refractivity contribution in [1.82, 2.24) is 0 Å². The van der Waals surface area contributed by atoms with Crippen LogP contribution >= 0.6 is 23.2 Å². The van der Waals surface area contributed by atoms with Gasteiger partial charge in [-0.15, -0.1) is 0 Å². The predicted octanol–water partition coefficient (Wildman–Crippen LogP) is 5.14. The van der Waals surface area contributed by atoms with Crippen LogP contribution in [0.5, 0.6) is 11.5 Å². The molecule has 0 aliphatic rings. The van der Waals surface area contributed by atoms with Crippen LogP contribution in [-0.2, 0) is 0 Å². The standard InChI is InChI=1S/C17H17Cl2N3O4/c1-10(2)26-17-15(22(23)24)6-11(7-16(17)25-3)9-20-21-12-4-5-13(18)14(19)8-12/h4-10,21H,1-3H3. The van der Waals surface area contributed by atoms with Gasteiger partial charge in [0.05, 0.1) is 40.1 Å². The summed E-state index contributed by atoms with van der Waals surface area (Å²) in [5.74, 6) is 0.339. The van der Waals surface area contributed by atoms with Gasteiger partial charge in [-0.25, -0.2) is 0 Å². The average molecular weight is 398 g/mol. The van der Waals surface area contributed by atoms with Gasteiger partial charge in [0.2, 0.25) is 5.75 Å². The molecule has 0 saturated carbocycles. The molecule has 0 amide bonds. The van der Waals surface area contributed by atoms with Gasteiger partial charge in [0.25, 0.3) is 0 Å². The summed E-state index contributed by atoms with van der Waals surface area (Å²) in [4.78, 5) is 10.8. The lowest BCUT2D eigenvalue weighted by Crippen LogP contribution is -2.09. The number of anilines is 1. The Labute approximate surface area is 160 Å². The molecule has 2 rings (SSSR count). The highest BCUT2D eigenvalue weighted by molar-refractivity contribution is 6.42. The fourth-order valence-corrected chi connectivity index (χ4v) is 2.37. The summed E-state index contributed by atoms with van der Waals surface area (Å²) < 4.78 is 10.8. The number of nitrogens with zero attached hydrogens (tertiary/aromatic N) is 2. The number of nitro groups is 1. The molecule has 0 heterocycles. The third kappa shape index (κ3) is 5.00. The zero-order valence-electron chi connectivity index (χ0n) is 14.3. The summed E-state index contributed by atoms with van der Waals surface area (Å²) in [7, 11) is 1.42. The number of halogens is 2. The van der Waals surface area contributed by atoms with Crippen molar-refractivity contribution < 1.29 is 14.4 Å². The zero-order chi connectivity index (χ0) is 19.3. The van der Waals surface area contributed by atoms with Gasteiger partial charge in [-0.1, -0.05) is 23.2 Å². The molecule has 26 heavy (non-hydrogen) atoms.